The normalized spacial score (nSPS) is 13.9. The summed E-state index contributed by atoms with van der Waals surface area (Å²) in [5.41, 5.74) is 0.796. The van der Waals surface area contributed by atoms with Crippen LogP contribution in [0.3, 0.4) is 0 Å². The van der Waals surface area contributed by atoms with Crippen LogP contribution in [-0.4, -0.2) is 43.0 Å². The summed E-state index contributed by atoms with van der Waals surface area (Å²) in [7, 11) is -2.11. The summed E-state index contributed by atoms with van der Waals surface area (Å²) in [6, 6.07) is 0. The topological polar surface area (TPSA) is 73.3 Å². The van der Waals surface area contributed by atoms with E-state index in [2.05, 4.69) is 49.1 Å². The molecule has 1 aromatic rings. The Morgan fingerprint density at radius 2 is 1.88 bits per heavy atom. The van der Waals surface area contributed by atoms with Crippen molar-refractivity contribution in [2.24, 2.45) is 0 Å². The Morgan fingerprint density at radius 1 is 1.25 bits per heavy atom. The van der Waals surface area contributed by atoms with Gasteiger partial charge in [-0.15, -0.1) is 0 Å². The Kier molecular flexibility index (Phi) is 7.06. The maximum atomic E-state index is 12.7. The minimum atomic E-state index is -2.11. The van der Waals surface area contributed by atoms with Gasteiger partial charge in [-0.1, -0.05) is 20.8 Å². The first-order chi connectivity index (χ1) is 10.9. The summed E-state index contributed by atoms with van der Waals surface area (Å²) in [6.07, 6.45) is 2.52. The van der Waals surface area contributed by atoms with Crippen LogP contribution in [0.25, 0.3) is 0 Å². The number of carbonyl (C=O) groups excluding carboxylic acids is 1. The van der Waals surface area contributed by atoms with Gasteiger partial charge < -0.3 is 14.5 Å². The molecule has 0 aromatic carbocycles. The molecule has 0 radical (unpaired) electrons. The summed E-state index contributed by atoms with van der Waals surface area (Å²) in [5, 5.41) is 2.78. The monoisotopic (exact) mass is 353 g/mol. The van der Waals surface area contributed by atoms with Crippen molar-refractivity contribution in [3.8, 4) is 0 Å². The van der Waals surface area contributed by atoms with Crippen LogP contribution in [0.1, 0.15) is 40.3 Å². The summed E-state index contributed by atoms with van der Waals surface area (Å²) in [5.74, 6) is 0.164. The Labute approximate surface area is 146 Å². The third-order valence-corrected chi connectivity index (χ3v) is 8.63. The molecule has 0 saturated heterocycles. The van der Waals surface area contributed by atoms with E-state index in [-0.39, 0.29) is 23.7 Å². The smallest absolute Gasteiger partial charge is 0.255 e. The number of hydrogen-bond donors (Lipinski definition) is 1. The van der Waals surface area contributed by atoms with Crippen molar-refractivity contribution in [2.45, 2.75) is 71.9 Å². The molecule has 1 N–H and O–H groups in total. The third-order valence-electron chi connectivity index (χ3n) is 4.15. The second-order valence-electron chi connectivity index (χ2n) is 7.78. The van der Waals surface area contributed by atoms with Gasteiger partial charge >= 0.3 is 0 Å². The molecule has 1 heterocycles. The molecule has 0 fully saturated rings. The van der Waals surface area contributed by atoms with E-state index >= 15 is 0 Å². The maximum absolute atomic E-state index is 12.7. The lowest BCUT2D eigenvalue weighted by Gasteiger charge is -2.38. The van der Waals surface area contributed by atoms with Crippen LogP contribution in [0.5, 0.6) is 0 Å². The zero-order valence-electron chi connectivity index (χ0n) is 16.1. The van der Waals surface area contributed by atoms with E-state index in [0.717, 1.165) is 5.69 Å². The van der Waals surface area contributed by atoms with Gasteiger partial charge in [-0.3, -0.25) is 9.78 Å². The highest BCUT2D eigenvalue weighted by Gasteiger charge is 2.41. The van der Waals surface area contributed by atoms with Gasteiger partial charge in [0.05, 0.1) is 30.8 Å². The highest BCUT2D eigenvalue weighted by Crippen LogP contribution is 2.37. The summed E-state index contributed by atoms with van der Waals surface area (Å²) < 4.78 is 11.9. The average Bonchev–Trinajstić information content (AvgIpc) is 2.44. The lowest BCUT2D eigenvalue weighted by atomic mass is 10.2. The van der Waals surface area contributed by atoms with Crippen molar-refractivity contribution in [1.82, 2.24) is 9.97 Å². The highest BCUT2D eigenvalue weighted by atomic mass is 28.4. The molecule has 0 aliphatic rings. The fourth-order valence-corrected chi connectivity index (χ4v) is 2.88. The molecule has 1 atom stereocenters. The number of anilines is 1. The zero-order valence-corrected chi connectivity index (χ0v) is 17.1. The van der Waals surface area contributed by atoms with Crippen LogP contribution in [-0.2, 0) is 14.0 Å². The van der Waals surface area contributed by atoms with Crippen molar-refractivity contribution in [3.63, 3.8) is 0 Å². The fraction of sp³-hybridized carbons (Fsp3) is 0.706. The SMILES string of the molecule is Cc1cnc(NC(=O)C(COC(C)C)O[Si](C)(C)C(C)(C)C)cn1. The summed E-state index contributed by atoms with van der Waals surface area (Å²) in [6.45, 7) is 16.6. The number of carbonyl (C=O) groups is 1. The number of hydrogen-bond acceptors (Lipinski definition) is 5. The predicted octanol–water partition coefficient (Wildman–Crippen LogP) is 3.54. The standard InChI is InChI=1S/C17H31N3O3Si/c1-12(2)22-11-14(23-24(7,8)17(4,5)6)16(21)20-15-10-18-13(3)9-19-15/h9-10,12,14H,11H2,1-8H3,(H,19,20,21). The molecule has 7 heteroatoms. The van der Waals surface area contributed by atoms with Gasteiger partial charge in [0.2, 0.25) is 0 Å². The average molecular weight is 354 g/mol. The number of aryl methyl sites for hydroxylation is 1. The van der Waals surface area contributed by atoms with Crippen molar-refractivity contribution < 1.29 is 14.0 Å². The largest absolute Gasteiger partial charge is 0.403 e. The van der Waals surface area contributed by atoms with E-state index < -0.39 is 14.4 Å². The van der Waals surface area contributed by atoms with E-state index in [0.29, 0.717) is 5.82 Å². The molecule has 1 unspecified atom stereocenters. The number of amides is 1. The second kappa shape index (κ2) is 8.18. The van der Waals surface area contributed by atoms with Crippen molar-refractivity contribution >= 4 is 20.0 Å². The number of aromatic nitrogens is 2. The maximum Gasteiger partial charge on any atom is 0.255 e. The van der Waals surface area contributed by atoms with Gasteiger partial charge in [-0.25, -0.2) is 4.98 Å². The van der Waals surface area contributed by atoms with E-state index in [4.69, 9.17) is 9.16 Å². The Hall–Kier alpha value is -1.31. The van der Waals surface area contributed by atoms with Gasteiger partial charge in [0.15, 0.2) is 14.1 Å². The van der Waals surface area contributed by atoms with Crippen LogP contribution < -0.4 is 5.32 Å². The minimum Gasteiger partial charge on any atom is -0.403 e. The van der Waals surface area contributed by atoms with Gasteiger partial charge in [0.1, 0.15) is 6.10 Å². The van der Waals surface area contributed by atoms with Crippen molar-refractivity contribution in [3.05, 3.63) is 18.1 Å². The lowest BCUT2D eigenvalue weighted by molar-refractivity contribution is -0.127. The van der Waals surface area contributed by atoms with Crippen LogP contribution in [0.4, 0.5) is 5.82 Å². The van der Waals surface area contributed by atoms with Gasteiger partial charge in [-0.05, 0) is 38.9 Å². The highest BCUT2D eigenvalue weighted by molar-refractivity contribution is 6.74. The first-order valence-corrected chi connectivity index (χ1v) is 11.2. The fourth-order valence-electron chi connectivity index (χ4n) is 1.64. The second-order valence-corrected chi connectivity index (χ2v) is 12.5. The zero-order chi connectivity index (χ0) is 18.5. The number of ether oxygens (including phenoxy) is 1. The van der Waals surface area contributed by atoms with Crippen LogP contribution in [0.2, 0.25) is 18.1 Å². The first kappa shape index (κ1) is 20.7. The quantitative estimate of drug-likeness (QED) is 0.759. The molecule has 0 saturated carbocycles. The first-order valence-electron chi connectivity index (χ1n) is 8.31. The Morgan fingerprint density at radius 3 is 2.33 bits per heavy atom. The number of rotatable bonds is 7. The van der Waals surface area contributed by atoms with Crippen LogP contribution in [0, 0.1) is 6.92 Å². The van der Waals surface area contributed by atoms with E-state index in [1.165, 1.54) is 0 Å². The molecule has 0 spiro atoms. The van der Waals surface area contributed by atoms with Gasteiger partial charge in [0.25, 0.3) is 5.91 Å². The molecule has 1 rings (SSSR count). The Balaban J connectivity index is 2.87. The predicted molar refractivity (Wildman–Crippen MR) is 98.6 cm³/mol. The lowest BCUT2D eigenvalue weighted by Crippen LogP contribution is -2.49. The molecule has 136 valence electrons. The van der Waals surface area contributed by atoms with Gasteiger partial charge in [-0.2, -0.15) is 0 Å². The van der Waals surface area contributed by atoms with E-state index in [9.17, 15) is 4.79 Å². The molecule has 0 bridgehead atoms. The number of nitrogens with one attached hydrogen (secondary N) is 1. The molecular weight excluding hydrogens is 322 g/mol. The van der Waals surface area contributed by atoms with E-state index in [1.54, 1.807) is 12.4 Å². The molecule has 0 aliphatic carbocycles. The molecule has 24 heavy (non-hydrogen) atoms. The van der Waals surface area contributed by atoms with Crippen molar-refractivity contribution in [2.75, 3.05) is 11.9 Å². The number of nitrogens with zero attached hydrogens (tertiary/aromatic N) is 2. The van der Waals surface area contributed by atoms with E-state index in [1.807, 2.05) is 20.8 Å². The molecule has 6 nitrogen and oxygen atoms in total. The minimum absolute atomic E-state index is 0.00697. The third kappa shape index (κ3) is 6.30. The molecular formula is C17H31N3O3Si. The molecule has 1 amide bonds. The summed E-state index contributed by atoms with van der Waals surface area (Å²) >= 11 is 0. The van der Waals surface area contributed by atoms with Gasteiger partial charge in [0, 0.05) is 0 Å². The summed E-state index contributed by atoms with van der Waals surface area (Å²) in [4.78, 5) is 21.0. The molecule has 1 aromatic heterocycles. The van der Waals surface area contributed by atoms with Crippen LogP contribution in [0.15, 0.2) is 12.4 Å². The molecule has 0 aliphatic heterocycles. The van der Waals surface area contributed by atoms with Crippen molar-refractivity contribution in [1.29, 1.82) is 0 Å². The Bertz CT molecular complexity index is 539. The van der Waals surface area contributed by atoms with Crippen LogP contribution >= 0.6 is 0 Å².